The zero-order valence-electron chi connectivity index (χ0n) is 14.8. The highest BCUT2D eigenvalue weighted by Gasteiger charge is 2.44. The summed E-state index contributed by atoms with van der Waals surface area (Å²) >= 11 is 2.10. The standard InChI is InChI=1S/C22H26N2S/c1-2-7-21(8-3-1)24-14-12-22(25-24)11-13-23(17-22)16-18-9-10-19-5-4-6-20(19)15-18/h1-3,7-10,15H,4-6,11-14,16-17H2/t22-/m0/s1. The van der Waals surface area contributed by atoms with Gasteiger partial charge >= 0.3 is 0 Å². The molecular weight excluding hydrogens is 324 g/mol. The minimum absolute atomic E-state index is 0.437. The average molecular weight is 351 g/mol. The van der Waals surface area contributed by atoms with Crippen molar-refractivity contribution in [2.75, 3.05) is 23.9 Å². The van der Waals surface area contributed by atoms with E-state index in [0.717, 1.165) is 6.54 Å². The van der Waals surface area contributed by atoms with E-state index in [1.165, 1.54) is 63.0 Å². The number of aryl methyl sites for hydroxylation is 2. The summed E-state index contributed by atoms with van der Waals surface area (Å²) in [6.45, 7) is 4.78. The molecule has 5 rings (SSSR count). The van der Waals surface area contributed by atoms with E-state index in [9.17, 15) is 0 Å². The normalized spacial score (nSPS) is 25.8. The maximum absolute atomic E-state index is 2.68. The molecule has 0 saturated carbocycles. The lowest BCUT2D eigenvalue weighted by atomic mass is 10.0. The Morgan fingerprint density at radius 2 is 1.76 bits per heavy atom. The minimum atomic E-state index is 0.437. The van der Waals surface area contributed by atoms with E-state index < -0.39 is 0 Å². The number of anilines is 1. The van der Waals surface area contributed by atoms with Crippen LogP contribution in [0.4, 0.5) is 5.69 Å². The third kappa shape index (κ3) is 3.09. The van der Waals surface area contributed by atoms with Gasteiger partial charge in [0.05, 0.1) is 4.75 Å². The van der Waals surface area contributed by atoms with Crippen LogP contribution in [0, 0.1) is 0 Å². The molecular formula is C22H26N2S. The molecule has 130 valence electrons. The van der Waals surface area contributed by atoms with E-state index in [1.54, 1.807) is 11.1 Å². The first-order valence-electron chi connectivity index (χ1n) is 9.65. The zero-order chi connectivity index (χ0) is 16.7. The predicted octanol–water partition coefficient (Wildman–Crippen LogP) is 4.68. The Labute approximate surface area is 155 Å². The van der Waals surface area contributed by atoms with Crippen molar-refractivity contribution >= 4 is 17.6 Å². The highest BCUT2D eigenvalue weighted by Crippen LogP contribution is 2.47. The first-order valence-corrected chi connectivity index (χ1v) is 10.4. The van der Waals surface area contributed by atoms with Crippen molar-refractivity contribution in [2.24, 2.45) is 0 Å². The van der Waals surface area contributed by atoms with Crippen molar-refractivity contribution in [3.05, 3.63) is 65.2 Å². The SMILES string of the molecule is c1ccc(N2CC[C@]3(CCN(Cc4ccc5c(c4)CCC5)C3)S2)cc1. The Hall–Kier alpha value is -1.45. The fourth-order valence-electron chi connectivity index (χ4n) is 4.73. The van der Waals surface area contributed by atoms with Crippen molar-refractivity contribution in [3.8, 4) is 0 Å². The molecule has 1 atom stereocenters. The molecule has 1 aliphatic carbocycles. The van der Waals surface area contributed by atoms with E-state index in [2.05, 4.69) is 69.7 Å². The fraction of sp³-hybridized carbons (Fsp3) is 0.455. The van der Waals surface area contributed by atoms with E-state index in [-0.39, 0.29) is 0 Å². The number of para-hydroxylation sites is 1. The van der Waals surface area contributed by atoms with E-state index in [4.69, 9.17) is 0 Å². The van der Waals surface area contributed by atoms with Crippen molar-refractivity contribution < 1.29 is 0 Å². The first-order chi connectivity index (χ1) is 12.3. The van der Waals surface area contributed by atoms with Crippen LogP contribution >= 0.6 is 11.9 Å². The molecule has 0 N–H and O–H groups in total. The topological polar surface area (TPSA) is 6.48 Å². The van der Waals surface area contributed by atoms with Gasteiger partial charge < -0.3 is 4.31 Å². The van der Waals surface area contributed by atoms with Gasteiger partial charge in [-0.2, -0.15) is 0 Å². The van der Waals surface area contributed by atoms with Crippen molar-refractivity contribution in [1.29, 1.82) is 0 Å². The number of nitrogens with zero attached hydrogens (tertiary/aromatic N) is 2. The molecule has 2 aromatic rings. The van der Waals surface area contributed by atoms with Crippen molar-refractivity contribution in [3.63, 3.8) is 0 Å². The smallest absolute Gasteiger partial charge is 0.0515 e. The van der Waals surface area contributed by atoms with E-state index in [0.29, 0.717) is 4.75 Å². The molecule has 2 heterocycles. The third-order valence-corrected chi connectivity index (χ3v) is 7.62. The molecule has 0 aromatic heterocycles. The van der Waals surface area contributed by atoms with E-state index in [1.807, 2.05) is 0 Å². The molecule has 2 aliphatic heterocycles. The van der Waals surface area contributed by atoms with Crippen LogP contribution in [0.15, 0.2) is 48.5 Å². The monoisotopic (exact) mass is 350 g/mol. The van der Waals surface area contributed by atoms with Gasteiger partial charge in [-0.05, 0) is 79.4 Å². The maximum atomic E-state index is 2.68. The first kappa shape index (κ1) is 15.8. The highest BCUT2D eigenvalue weighted by atomic mass is 32.2. The molecule has 0 unspecified atom stereocenters. The molecule has 2 aromatic carbocycles. The van der Waals surface area contributed by atoms with Crippen LogP contribution in [0.25, 0.3) is 0 Å². The summed E-state index contributed by atoms with van der Waals surface area (Å²) in [4.78, 5) is 2.68. The Morgan fingerprint density at radius 3 is 2.68 bits per heavy atom. The second kappa shape index (κ2) is 6.37. The van der Waals surface area contributed by atoms with Gasteiger partial charge in [-0.3, -0.25) is 4.90 Å². The fourth-order valence-corrected chi connectivity index (χ4v) is 6.21. The summed E-state index contributed by atoms with van der Waals surface area (Å²) in [5.74, 6) is 0. The molecule has 25 heavy (non-hydrogen) atoms. The van der Waals surface area contributed by atoms with E-state index >= 15 is 0 Å². The lowest BCUT2D eigenvalue weighted by Crippen LogP contribution is -2.28. The summed E-state index contributed by atoms with van der Waals surface area (Å²) in [6, 6.07) is 18.1. The van der Waals surface area contributed by atoms with Gasteiger partial charge in [-0.25, -0.2) is 0 Å². The summed E-state index contributed by atoms with van der Waals surface area (Å²) < 4.78 is 2.95. The maximum Gasteiger partial charge on any atom is 0.0515 e. The van der Waals surface area contributed by atoms with Crippen LogP contribution in [0.3, 0.4) is 0 Å². The van der Waals surface area contributed by atoms with Crippen LogP contribution in [-0.4, -0.2) is 29.3 Å². The van der Waals surface area contributed by atoms with Crippen molar-refractivity contribution in [1.82, 2.24) is 4.90 Å². The Kier molecular flexibility index (Phi) is 4.02. The molecule has 0 bridgehead atoms. The molecule has 0 radical (unpaired) electrons. The number of hydrogen-bond donors (Lipinski definition) is 0. The Balaban J connectivity index is 1.24. The second-order valence-electron chi connectivity index (χ2n) is 7.88. The minimum Gasteiger partial charge on any atom is -0.316 e. The van der Waals surface area contributed by atoms with Gasteiger partial charge in [0.2, 0.25) is 0 Å². The second-order valence-corrected chi connectivity index (χ2v) is 9.37. The molecule has 2 fully saturated rings. The van der Waals surface area contributed by atoms with Crippen molar-refractivity contribution in [2.45, 2.75) is 43.4 Å². The molecule has 1 spiro atoms. The molecule has 3 aliphatic rings. The summed E-state index contributed by atoms with van der Waals surface area (Å²) in [5, 5.41) is 0. The van der Waals surface area contributed by atoms with Gasteiger partial charge in [-0.1, -0.05) is 36.4 Å². The van der Waals surface area contributed by atoms with Gasteiger partial charge in [-0.15, -0.1) is 0 Å². The highest BCUT2D eigenvalue weighted by molar-refractivity contribution is 8.02. The summed E-state index contributed by atoms with van der Waals surface area (Å²) in [7, 11) is 0. The molecule has 2 saturated heterocycles. The van der Waals surface area contributed by atoms with Gasteiger partial charge in [0.25, 0.3) is 0 Å². The summed E-state index contributed by atoms with van der Waals surface area (Å²) in [5.41, 5.74) is 6.07. The number of fused-ring (bicyclic) bond motifs is 1. The van der Waals surface area contributed by atoms with Crippen LogP contribution in [-0.2, 0) is 19.4 Å². The van der Waals surface area contributed by atoms with Crippen LogP contribution in [0.2, 0.25) is 0 Å². The number of benzene rings is 2. The quantitative estimate of drug-likeness (QED) is 0.742. The number of rotatable bonds is 3. The third-order valence-electron chi connectivity index (χ3n) is 6.08. The van der Waals surface area contributed by atoms with Crippen LogP contribution < -0.4 is 4.31 Å². The number of hydrogen-bond acceptors (Lipinski definition) is 3. The molecule has 3 heteroatoms. The molecule has 2 nitrogen and oxygen atoms in total. The largest absolute Gasteiger partial charge is 0.316 e. The van der Waals surface area contributed by atoms with Crippen LogP contribution in [0.5, 0.6) is 0 Å². The average Bonchev–Trinajstić information content (AvgIpc) is 3.37. The molecule has 0 amide bonds. The van der Waals surface area contributed by atoms with Gasteiger partial charge in [0.15, 0.2) is 0 Å². The lowest BCUT2D eigenvalue weighted by molar-refractivity contribution is 0.322. The number of likely N-dealkylation sites (tertiary alicyclic amines) is 1. The van der Waals surface area contributed by atoms with Crippen LogP contribution in [0.1, 0.15) is 36.0 Å². The predicted molar refractivity (Wildman–Crippen MR) is 107 cm³/mol. The Morgan fingerprint density at radius 1 is 0.920 bits per heavy atom. The Bertz CT molecular complexity index is 760. The summed E-state index contributed by atoms with van der Waals surface area (Å²) in [6.07, 6.45) is 6.56. The van der Waals surface area contributed by atoms with Gasteiger partial charge in [0, 0.05) is 25.3 Å². The van der Waals surface area contributed by atoms with Gasteiger partial charge in [0.1, 0.15) is 0 Å². The lowest BCUT2D eigenvalue weighted by Gasteiger charge is -2.24. The zero-order valence-corrected chi connectivity index (χ0v) is 15.6.